The van der Waals surface area contributed by atoms with E-state index in [9.17, 15) is 4.79 Å². The molecule has 0 atom stereocenters. The molecule has 1 aromatic rings. The van der Waals surface area contributed by atoms with Crippen LogP contribution in [0.4, 0.5) is 0 Å². The molecule has 0 unspecified atom stereocenters. The SMILES string of the molecule is CC1(OCC(=O)NCCCn2cccn2)CNC1. The molecule has 2 rings (SSSR count). The number of hydrogen-bond donors (Lipinski definition) is 2. The van der Waals surface area contributed by atoms with Crippen molar-refractivity contribution in [2.75, 3.05) is 26.2 Å². The molecule has 18 heavy (non-hydrogen) atoms. The highest BCUT2D eigenvalue weighted by Gasteiger charge is 2.32. The van der Waals surface area contributed by atoms with Gasteiger partial charge in [0.25, 0.3) is 0 Å². The van der Waals surface area contributed by atoms with Gasteiger partial charge in [0.1, 0.15) is 6.61 Å². The molecule has 0 spiro atoms. The zero-order chi connectivity index (χ0) is 12.8. The summed E-state index contributed by atoms with van der Waals surface area (Å²) in [6.45, 7) is 5.25. The van der Waals surface area contributed by atoms with Crippen molar-refractivity contribution in [1.29, 1.82) is 0 Å². The van der Waals surface area contributed by atoms with Gasteiger partial charge in [-0.3, -0.25) is 9.48 Å². The van der Waals surface area contributed by atoms with Crippen molar-refractivity contribution in [2.24, 2.45) is 0 Å². The van der Waals surface area contributed by atoms with Crippen molar-refractivity contribution in [2.45, 2.75) is 25.5 Å². The van der Waals surface area contributed by atoms with Crippen molar-refractivity contribution >= 4 is 5.91 Å². The number of carbonyl (C=O) groups is 1. The van der Waals surface area contributed by atoms with Gasteiger partial charge < -0.3 is 15.4 Å². The van der Waals surface area contributed by atoms with Crippen molar-refractivity contribution in [1.82, 2.24) is 20.4 Å². The van der Waals surface area contributed by atoms with Crippen LogP contribution in [-0.4, -0.2) is 47.5 Å². The fourth-order valence-electron chi connectivity index (χ4n) is 1.77. The third-order valence-electron chi connectivity index (χ3n) is 2.99. The number of hydrogen-bond acceptors (Lipinski definition) is 4. The van der Waals surface area contributed by atoms with Gasteiger partial charge in [-0.15, -0.1) is 0 Å². The van der Waals surface area contributed by atoms with E-state index >= 15 is 0 Å². The van der Waals surface area contributed by atoms with Crippen LogP contribution in [0.15, 0.2) is 18.5 Å². The van der Waals surface area contributed by atoms with E-state index in [1.54, 1.807) is 6.20 Å². The van der Waals surface area contributed by atoms with Crippen LogP contribution >= 0.6 is 0 Å². The summed E-state index contributed by atoms with van der Waals surface area (Å²) in [5.74, 6) is -0.0522. The van der Waals surface area contributed by atoms with E-state index in [4.69, 9.17) is 4.74 Å². The van der Waals surface area contributed by atoms with E-state index in [2.05, 4.69) is 15.7 Å². The summed E-state index contributed by atoms with van der Waals surface area (Å²) in [5.41, 5.74) is -0.160. The molecule has 6 heteroatoms. The van der Waals surface area contributed by atoms with Gasteiger partial charge in [-0.25, -0.2) is 0 Å². The van der Waals surface area contributed by atoms with Crippen LogP contribution in [0, 0.1) is 0 Å². The van der Waals surface area contributed by atoms with E-state index in [0.29, 0.717) is 6.54 Å². The molecule has 1 aromatic heterocycles. The van der Waals surface area contributed by atoms with Gasteiger partial charge >= 0.3 is 0 Å². The predicted molar refractivity (Wildman–Crippen MR) is 67.1 cm³/mol. The number of amides is 1. The van der Waals surface area contributed by atoms with Crippen molar-refractivity contribution in [3.8, 4) is 0 Å². The standard InChI is InChI=1S/C12H20N4O2/c1-12(9-13-10-12)18-8-11(17)14-4-2-6-16-7-3-5-15-16/h3,5,7,13H,2,4,6,8-10H2,1H3,(H,14,17). The lowest BCUT2D eigenvalue weighted by molar-refractivity contribution is -0.135. The Morgan fingerprint density at radius 2 is 2.44 bits per heavy atom. The van der Waals surface area contributed by atoms with Crippen LogP contribution in [0.1, 0.15) is 13.3 Å². The fraction of sp³-hybridized carbons (Fsp3) is 0.667. The Morgan fingerprint density at radius 3 is 3.06 bits per heavy atom. The second-order valence-corrected chi connectivity index (χ2v) is 4.81. The number of carbonyl (C=O) groups excluding carboxylic acids is 1. The van der Waals surface area contributed by atoms with E-state index < -0.39 is 0 Å². The summed E-state index contributed by atoms with van der Waals surface area (Å²) in [6, 6.07) is 1.89. The van der Waals surface area contributed by atoms with Crippen LogP contribution in [0.5, 0.6) is 0 Å². The lowest BCUT2D eigenvalue weighted by Crippen LogP contribution is -2.59. The number of rotatable bonds is 7. The molecular weight excluding hydrogens is 232 g/mol. The Labute approximate surface area is 107 Å². The molecule has 0 saturated carbocycles. The Bertz CT molecular complexity index is 373. The minimum Gasteiger partial charge on any atom is -0.363 e. The summed E-state index contributed by atoms with van der Waals surface area (Å²) in [4.78, 5) is 11.5. The molecule has 0 radical (unpaired) electrons. The van der Waals surface area contributed by atoms with Gasteiger partial charge in [0.15, 0.2) is 0 Å². The van der Waals surface area contributed by atoms with Crippen LogP contribution in [0.2, 0.25) is 0 Å². The summed E-state index contributed by atoms with van der Waals surface area (Å²) >= 11 is 0. The van der Waals surface area contributed by atoms with Crippen LogP contribution in [-0.2, 0) is 16.1 Å². The largest absolute Gasteiger partial charge is 0.363 e. The molecule has 0 aromatic carbocycles. The maximum absolute atomic E-state index is 11.5. The van der Waals surface area contributed by atoms with Crippen molar-refractivity contribution in [3.63, 3.8) is 0 Å². The number of nitrogens with zero attached hydrogens (tertiary/aromatic N) is 2. The van der Waals surface area contributed by atoms with Gasteiger partial charge in [-0.2, -0.15) is 5.10 Å². The second kappa shape index (κ2) is 5.97. The molecule has 1 aliphatic heterocycles. The number of aryl methyl sites for hydroxylation is 1. The third-order valence-corrected chi connectivity index (χ3v) is 2.99. The van der Waals surface area contributed by atoms with Crippen LogP contribution in [0.3, 0.4) is 0 Å². The Balaban J connectivity index is 1.52. The van der Waals surface area contributed by atoms with E-state index in [0.717, 1.165) is 26.1 Å². The zero-order valence-electron chi connectivity index (χ0n) is 10.7. The second-order valence-electron chi connectivity index (χ2n) is 4.81. The summed E-state index contributed by atoms with van der Waals surface area (Å²) in [7, 11) is 0. The van der Waals surface area contributed by atoms with Crippen LogP contribution < -0.4 is 10.6 Å². The maximum Gasteiger partial charge on any atom is 0.246 e. The highest BCUT2D eigenvalue weighted by Crippen LogP contribution is 2.14. The molecule has 100 valence electrons. The summed E-state index contributed by atoms with van der Waals surface area (Å²) in [5, 5.41) is 10.1. The number of ether oxygens (including phenoxy) is 1. The van der Waals surface area contributed by atoms with Gasteiger partial charge in [-0.05, 0) is 19.4 Å². The monoisotopic (exact) mass is 252 g/mol. The lowest BCUT2D eigenvalue weighted by atomic mass is 10.0. The average molecular weight is 252 g/mol. The summed E-state index contributed by atoms with van der Waals surface area (Å²) in [6.07, 6.45) is 4.53. The Morgan fingerprint density at radius 1 is 1.61 bits per heavy atom. The molecule has 1 fully saturated rings. The van der Waals surface area contributed by atoms with Gasteiger partial charge in [0.2, 0.25) is 5.91 Å². The van der Waals surface area contributed by atoms with Gasteiger partial charge in [0.05, 0.1) is 5.60 Å². The molecule has 1 saturated heterocycles. The number of nitrogens with one attached hydrogen (secondary N) is 2. The lowest BCUT2D eigenvalue weighted by Gasteiger charge is -2.38. The predicted octanol–water partition coefficient (Wildman–Crippen LogP) is -0.232. The maximum atomic E-state index is 11.5. The van der Waals surface area contributed by atoms with Gasteiger partial charge in [-0.1, -0.05) is 0 Å². The molecule has 1 aliphatic rings. The Hall–Kier alpha value is -1.40. The first-order valence-corrected chi connectivity index (χ1v) is 6.27. The molecule has 6 nitrogen and oxygen atoms in total. The van der Waals surface area contributed by atoms with Crippen molar-refractivity contribution in [3.05, 3.63) is 18.5 Å². The van der Waals surface area contributed by atoms with E-state index in [1.807, 2.05) is 23.9 Å². The van der Waals surface area contributed by atoms with Gasteiger partial charge in [0, 0.05) is 38.6 Å². The third kappa shape index (κ3) is 3.82. The molecule has 2 heterocycles. The molecule has 0 bridgehead atoms. The minimum absolute atomic E-state index is 0.0522. The number of aromatic nitrogens is 2. The normalized spacial score (nSPS) is 17.2. The average Bonchev–Trinajstić information content (AvgIpc) is 2.82. The quantitative estimate of drug-likeness (QED) is 0.658. The molecule has 2 N–H and O–H groups in total. The first-order valence-electron chi connectivity index (χ1n) is 6.27. The summed E-state index contributed by atoms with van der Waals surface area (Å²) < 4.78 is 7.39. The van der Waals surface area contributed by atoms with Crippen molar-refractivity contribution < 1.29 is 9.53 Å². The fourth-order valence-corrected chi connectivity index (χ4v) is 1.77. The topological polar surface area (TPSA) is 68.2 Å². The molecule has 0 aliphatic carbocycles. The molecular formula is C12H20N4O2. The van der Waals surface area contributed by atoms with E-state index in [1.165, 1.54) is 0 Å². The Kier molecular flexibility index (Phi) is 4.33. The minimum atomic E-state index is -0.160. The first-order chi connectivity index (χ1) is 8.68. The van der Waals surface area contributed by atoms with E-state index in [-0.39, 0.29) is 18.1 Å². The highest BCUT2D eigenvalue weighted by atomic mass is 16.5. The zero-order valence-corrected chi connectivity index (χ0v) is 10.7. The highest BCUT2D eigenvalue weighted by molar-refractivity contribution is 5.77. The molecule has 1 amide bonds. The van der Waals surface area contributed by atoms with Crippen LogP contribution in [0.25, 0.3) is 0 Å². The first kappa shape index (κ1) is 13.0. The smallest absolute Gasteiger partial charge is 0.246 e.